The minimum Gasteiger partial charge on any atom is -0.454 e. The zero-order valence-corrected chi connectivity index (χ0v) is 86.9. The van der Waals surface area contributed by atoms with Crippen LogP contribution in [-0.4, -0.2) is 47.3 Å². The molecule has 3 unspecified atom stereocenters. The van der Waals surface area contributed by atoms with Crippen molar-refractivity contribution in [2.24, 2.45) is 0 Å². The van der Waals surface area contributed by atoms with Gasteiger partial charge in [-0.2, -0.15) is 0 Å². The third-order valence-corrected chi connectivity index (χ3v) is 31.3. The van der Waals surface area contributed by atoms with E-state index in [4.69, 9.17) is 19.4 Å². The number of nitrogens with zero attached hydrogens (tertiary/aromatic N) is 10. The molecule has 11 nitrogen and oxygen atoms in total. The number of para-hydroxylation sites is 5. The first-order chi connectivity index (χ1) is 71.6. The number of aryl methyl sites for hydroxylation is 6. The second-order valence-electron chi connectivity index (χ2n) is 39.5. The van der Waals surface area contributed by atoms with Gasteiger partial charge in [-0.15, -0.1) is 82.6 Å². The SMILES string of the molecule is CCC(C)c1cccc(-n2c3ccccc3c3cc(-c4ccc5sc6ccc(-c7cccc(-n8c9ccccc9c9ccccc98)c7)cc6c5c4)ccc32)c1.CCC(CC(C)c1c[c-]c(-c2nccn2-c2c(C)cc(C)cc2C)cc1)c1cccc(-n2c3ccc(-c4cc(-n5c6ccccc6c6ncccc65)c5oc6ccccc6c5c4)cc3c3ncccc32)c1.Cc1cc(C)c(-n2ccnc2-c2[c-]cccc2)c(C)c1.[Ir]. The number of pyridine rings is 2. The van der Waals surface area contributed by atoms with Gasteiger partial charge in [0.15, 0.2) is 5.58 Å². The molecule has 0 amide bonds. The van der Waals surface area contributed by atoms with Crippen LogP contribution in [0, 0.1) is 53.7 Å². The molecule has 0 fully saturated rings. The van der Waals surface area contributed by atoms with Crippen LogP contribution in [0.3, 0.4) is 0 Å². The Kier molecular flexibility index (Phi) is 24.3. The average molecular weight is 2100 g/mol. The predicted octanol–water partition coefficient (Wildman–Crippen LogP) is 35.9. The third-order valence-electron chi connectivity index (χ3n) is 30.1. The summed E-state index contributed by atoms with van der Waals surface area (Å²) in [5.41, 5.74) is 40.5. The smallest absolute Gasteiger partial charge is 0.159 e. The van der Waals surface area contributed by atoms with E-state index in [1.807, 2.05) is 84.8 Å². The Labute approximate surface area is 872 Å². The van der Waals surface area contributed by atoms with Gasteiger partial charge in [-0.05, 0) is 291 Å². The van der Waals surface area contributed by atoms with Crippen molar-refractivity contribution >= 4 is 141 Å². The van der Waals surface area contributed by atoms with E-state index in [1.165, 1.54) is 159 Å². The quantitative estimate of drug-likeness (QED) is 0.0798. The summed E-state index contributed by atoms with van der Waals surface area (Å²) in [6, 6.07) is 142. The second-order valence-corrected chi connectivity index (χ2v) is 40.5. The minimum atomic E-state index is 0. The van der Waals surface area contributed by atoms with E-state index in [0.29, 0.717) is 17.8 Å². The molecule has 147 heavy (non-hydrogen) atoms. The standard InChI is InChI=1S/C64H51N6O.C52H38N2S.C18H17N2.Ir/c1-6-43(34-40(3)44-22-24-45(25-23-44)64-67-30-31-68(64)62-41(4)32-39(2)33-42(62)5)46-14-11-15-49(35-46)69-55-27-26-47(36-53(55)61-56(69)19-12-29-66-61)48-37-52-50-16-8-10-21-59(50)71-63(52)58(38-48)70-54-18-9-7-17-51(54)60-57(70)20-13-28-65-60;1-3-33(2)34-12-10-14-39(28-34)54-49-21-9-6-18-43(49)44-30-36(22-25-50(44)54)38-24-27-52-46(32-38)45-31-37(23-26-51(45)55-52)35-13-11-15-40(29-35)53-47-19-7-4-16-41(47)42-17-5-8-20-48(42)53;1-13-11-14(2)17(15(3)12-13)20-10-9-19-18(20)16-7-5-4-6-8-16;/h7-24,26-33,35-38,40,43H,6,34H2,1-5H3;4-33H,3H2,1-2H3;4-7,9-12H,1-3H3;/q-1;;-1;. The summed E-state index contributed by atoms with van der Waals surface area (Å²) >= 11 is 1.88. The van der Waals surface area contributed by atoms with Gasteiger partial charge in [-0.3, -0.25) is 19.9 Å². The summed E-state index contributed by atoms with van der Waals surface area (Å²) in [6.07, 6.45) is 14.8. The molecule has 0 saturated carbocycles. The van der Waals surface area contributed by atoms with Crippen molar-refractivity contribution in [1.82, 2.24) is 47.3 Å². The number of thiophene rings is 1. The largest absolute Gasteiger partial charge is 0.454 e. The van der Waals surface area contributed by atoms with E-state index < -0.39 is 0 Å². The van der Waals surface area contributed by atoms with Crippen LogP contribution in [0.5, 0.6) is 0 Å². The number of imidazole rings is 2. The molecule has 10 aromatic heterocycles. The van der Waals surface area contributed by atoms with Crippen molar-refractivity contribution < 1.29 is 24.5 Å². The molecule has 0 saturated heterocycles. The topological polar surface area (TPSA) is 94.3 Å². The maximum Gasteiger partial charge on any atom is 0.159 e. The summed E-state index contributed by atoms with van der Waals surface area (Å²) in [5.74, 6) is 3.06. The van der Waals surface area contributed by atoms with Crippen molar-refractivity contribution in [3.05, 3.63) is 469 Å². The van der Waals surface area contributed by atoms with Gasteiger partial charge in [-0.1, -0.05) is 221 Å². The second kappa shape index (κ2) is 38.5. The van der Waals surface area contributed by atoms with E-state index >= 15 is 0 Å². The van der Waals surface area contributed by atoms with Crippen molar-refractivity contribution in [2.45, 2.75) is 106 Å². The van der Waals surface area contributed by atoms with E-state index in [2.05, 4.69) is 448 Å². The third kappa shape index (κ3) is 16.5. The Morgan fingerprint density at radius 3 is 1.33 bits per heavy atom. The Bertz CT molecular complexity index is 9640. The molecule has 0 spiro atoms. The molecule has 0 aliphatic carbocycles. The molecule has 27 rings (SSSR count). The normalized spacial score (nSPS) is 12.4. The monoisotopic (exact) mass is 2100 g/mol. The fourth-order valence-corrected chi connectivity index (χ4v) is 24.2. The van der Waals surface area contributed by atoms with Crippen LogP contribution in [0.2, 0.25) is 0 Å². The molecule has 10 heterocycles. The summed E-state index contributed by atoms with van der Waals surface area (Å²) in [5, 5.41) is 12.1. The van der Waals surface area contributed by atoms with Crippen LogP contribution in [0.15, 0.2) is 412 Å². The molecule has 3 atom stereocenters. The summed E-state index contributed by atoms with van der Waals surface area (Å²) in [4.78, 5) is 19.2. The Hall–Kier alpha value is -16.7. The number of aromatic nitrogens is 10. The number of fused-ring (bicyclic) bond motifs is 18. The van der Waals surface area contributed by atoms with E-state index in [1.54, 1.807) is 0 Å². The zero-order chi connectivity index (χ0) is 98.6. The number of hydrogen-bond donors (Lipinski definition) is 0. The Balaban J connectivity index is 0.000000134. The van der Waals surface area contributed by atoms with Crippen LogP contribution in [0.25, 0.3) is 220 Å². The van der Waals surface area contributed by atoms with Crippen molar-refractivity contribution in [3.63, 3.8) is 0 Å². The molecule has 27 aromatic rings. The molecule has 17 aromatic carbocycles. The molecule has 0 aliphatic rings. The average Bonchev–Trinajstić information content (AvgIpc) is 1.57. The molecule has 715 valence electrons. The van der Waals surface area contributed by atoms with Crippen LogP contribution in [0.1, 0.15) is 115 Å². The van der Waals surface area contributed by atoms with Gasteiger partial charge in [0, 0.05) is 149 Å². The van der Waals surface area contributed by atoms with E-state index in [9.17, 15) is 0 Å². The van der Waals surface area contributed by atoms with Gasteiger partial charge in [0.05, 0.1) is 72.5 Å². The maximum absolute atomic E-state index is 6.74. The number of rotatable bonds is 18. The molecular formula is C134H106IrN10OS-2. The van der Waals surface area contributed by atoms with Gasteiger partial charge in [-0.25, -0.2) is 0 Å². The van der Waals surface area contributed by atoms with Crippen molar-refractivity contribution in [3.8, 4) is 90.3 Å². The van der Waals surface area contributed by atoms with Crippen LogP contribution in [0.4, 0.5) is 0 Å². The van der Waals surface area contributed by atoms with Crippen LogP contribution in [-0.2, 0) is 20.1 Å². The minimum absolute atomic E-state index is 0. The fraction of sp³-hybridized carbons (Fsp3) is 0.119. The number of furan rings is 1. The predicted molar refractivity (Wildman–Crippen MR) is 611 cm³/mol. The zero-order valence-electron chi connectivity index (χ0n) is 83.7. The van der Waals surface area contributed by atoms with Gasteiger partial charge < -0.3 is 31.8 Å². The summed E-state index contributed by atoms with van der Waals surface area (Å²) in [6.45, 7) is 22.2. The molecule has 1 radical (unpaired) electrons. The first-order valence-electron chi connectivity index (χ1n) is 50.8. The van der Waals surface area contributed by atoms with Gasteiger partial charge >= 0.3 is 0 Å². The maximum atomic E-state index is 6.74. The molecular weight excluding hydrogens is 1990 g/mol. The fourth-order valence-electron chi connectivity index (χ4n) is 23.2. The summed E-state index contributed by atoms with van der Waals surface area (Å²) < 4.78 is 23.3. The Morgan fingerprint density at radius 1 is 0.313 bits per heavy atom. The first-order valence-corrected chi connectivity index (χ1v) is 51.6. The van der Waals surface area contributed by atoms with E-state index in [0.717, 1.165) is 130 Å². The van der Waals surface area contributed by atoms with Gasteiger partial charge in [0.1, 0.15) is 5.58 Å². The Morgan fingerprint density at radius 2 is 0.762 bits per heavy atom. The van der Waals surface area contributed by atoms with Crippen LogP contribution < -0.4 is 0 Å². The van der Waals surface area contributed by atoms with E-state index in [-0.39, 0.29) is 20.1 Å². The van der Waals surface area contributed by atoms with Crippen molar-refractivity contribution in [1.29, 1.82) is 0 Å². The van der Waals surface area contributed by atoms with Gasteiger partial charge in [0.2, 0.25) is 0 Å². The number of hydrogen-bond acceptors (Lipinski definition) is 6. The number of benzene rings is 17. The van der Waals surface area contributed by atoms with Crippen molar-refractivity contribution in [2.75, 3.05) is 0 Å². The summed E-state index contributed by atoms with van der Waals surface area (Å²) in [7, 11) is 0. The molecule has 0 N–H and O–H groups in total. The molecule has 0 bridgehead atoms. The first kappa shape index (κ1) is 92.7. The molecule has 0 aliphatic heterocycles. The van der Waals surface area contributed by atoms with Gasteiger partial charge in [0.25, 0.3) is 0 Å². The molecule has 13 heteroatoms. The van der Waals surface area contributed by atoms with Crippen LogP contribution >= 0.6 is 11.3 Å².